The van der Waals surface area contributed by atoms with Crippen LogP contribution in [0.3, 0.4) is 0 Å². The lowest BCUT2D eigenvalue weighted by Gasteiger charge is -2.34. The highest BCUT2D eigenvalue weighted by Gasteiger charge is 2.32. The van der Waals surface area contributed by atoms with E-state index in [4.69, 9.17) is 11.6 Å². The van der Waals surface area contributed by atoms with Crippen LogP contribution >= 0.6 is 11.6 Å². The van der Waals surface area contributed by atoms with Gasteiger partial charge in [-0.1, -0.05) is 18.5 Å². The first-order chi connectivity index (χ1) is 12.8. The Balaban J connectivity index is 1.80. The number of halogens is 1. The van der Waals surface area contributed by atoms with Gasteiger partial charge in [-0.15, -0.1) is 0 Å². The van der Waals surface area contributed by atoms with Gasteiger partial charge in [-0.05, 0) is 50.5 Å². The van der Waals surface area contributed by atoms with E-state index in [-0.39, 0.29) is 24.8 Å². The minimum atomic E-state index is -0.831. The number of hydrogen-bond donors (Lipinski definition) is 1. The molecule has 1 aliphatic heterocycles. The number of carbonyl (C=O) groups excluding carboxylic acids is 1. The number of rotatable bonds is 4. The third kappa shape index (κ3) is 4.16. The first-order valence-electron chi connectivity index (χ1n) is 9.08. The van der Waals surface area contributed by atoms with Crippen molar-refractivity contribution in [2.24, 2.45) is 11.8 Å². The van der Waals surface area contributed by atoms with Crippen LogP contribution in [0.25, 0.3) is 5.69 Å². The van der Waals surface area contributed by atoms with E-state index in [1.54, 1.807) is 17.0 Å². The Bertz CT molecular complexity index is 860. The van der Waals surface area contributed by atoms with Crippen molar-refractivity contribution in [3.05, 3.63) is 46.2 Å². The number of aryl methyl sites for hydroxylation is 1. The van der Waals surface area contributed by atoms with Crippen molar-refractivity contribution < 1.29 is 14.7 Å². The molecule has 0 bridgehead atoms. The zero-order chi connectivity index (χ0) is 19.7. The van der Waals surface area contributed by atoms with E-state index in [0.717, 1.165) is 22.6 Å². The van der Waals surface area contributed by atoms with Gasteiger partial charge in [0, 0.05) is 29.4 Å². The molecule has 27 heavy (non-hydrogen) atoms. The number of aliphatic carboxylic acids is 1. The van der Waals surface area contributed by atoms with E-state index >= 15 is 0 Å². The largest absolute Gasteiger partial charge is 0.481 e. The van der Waals surface area contributed by atoms with Gasteiger partial charge in [-0.2, -0.15) is 5.10 Å². The summed E-state index contributed by atoms with van der Waals surface area (Å²) in [5, 5.41) is 14.6. The number of hydrogen-bond acceptors (Lipinski definition) is 3. The molecule has 6 nitrogen and oxygen atoms in total. The monoisotopic (exact) mass is 389 g/mol. The van der Waals surface area contributed by atoms with Gasteiger partial charge in [0.1, 0.15) is 0 Å². The van der Waals surface area contributed by atoms with Crippen molar-refractivity contribution in [1.29, 1.82) is 0 Å². The standard InChI is InChI=1S/C20H24ClN3O3/c1-12-8-15(20(26)27)11-23(10-12)19(25)9-18-13(2)22-24(14(18)3)17-6-4-16(21)5-7-17/h4-7,12,15H,8-11H2,1-3H3,(H,26,27). The fourth-order valence-corrected chi connectivity index (χ4v) is 3.89. The Morgan fingerprint density at radius 1 is 1.22 bits per heavy atom. The fraction of sp³-hybridized carbons (Fsp3) is 0.450. The van der Waals surface area contributed by atoms with Crippen molar-refractivity contribution in [2.75, 3.05) is 13.1 Å². The van der Waals surface area contributed by atoms with Crippen LogP contribution in [0, 0.1) is 25.7 Å². The van der Waals surface area contributed by atoms with Gasteiger partial charge >= 0.3 is 5.97 Å². The molecule has 2 atom stereocenters. The SMILES string of the molecule is Cc1nn(-c2ccc(Cl)cc2)c(C)c1CC(=O)N1CC(C)CC(C(=O)O)C1. The topological polar surface area (TPSA) is 75.4 Å². The van der Waals surface area contributed by atoms with Crippen LogP contribution in [-0.2, 0) is 16.0 Å². The van der Waals surface area contributed by atoms with Gasteiger partial charge in [-0.25, -0.2) is 4.68 Å². The van der Waals surface area contributed by atoms with Crippen LogP contribution in [0.2, 0.25) is 5.02 Å². The molecule has 144 valence electrons. The molecule has 1 aliphatic rings. The molecule has 2 heterocycles. The molecule has 0 aliphatic carbocycles. The molecule has 1 saturated heterocycles. The maximum absolute atomic E-state index is 12.9. The lowest BCUT2D eigenvalue weighted by Crippen LogP contribution is -2.46. The molecule has 0 saturated carbocycles. The predicted molar refractivity (Wildman–Crippen MR) is 103 cm³/mol. The number of carboxylic acids is 1. The second-order valence-corrected chi connectivity index (χ2v) is 7.83. The van der Waals surface area contributed by atoms with Crippen LogP contribution in [0.4, 0.5) is 0 Å². The Labute approximate surface area is 163 Å². The maximum atomic E-state index is 12.9. The summed E-state index contributed by atoms with van der Waals surface area (Å²) in [6.07, 6.45) is 0.843. The second kappa shape index (κ2) is 7.72. The first kappa shape index (κ1) is 19.4. The highest BCUT2D eigenvalue weighted by molar-refractivity contribution is 6.30. The van der Waals surface area contributed by atoms with Gasteiger partial charge < -0.3 is 10.0 Å². The molecule has 3 rings (SSSR count). The summed E-state index contributed by atoms with van der Waals surface area (Å²) in [4.78, 5) is 25.9. The first-order valence-corrected chi connectivity index (χ1v) is 9.45. The van der Waals surface area contributed by atoms with Crippen molar-refractivity contribution in [3.8, 4) is 5.69 Å². The lowest BCUT2D eigenvalue weighted by molar-refractivity contribution is -0.146. The molecule has 0 radical (unpaired) electrons. The van der Waals surface area contributed by atoms with Crippen LogP contribution in [0.15, 0.2) is 24.3 Å². The molecule has 1 fully saturated rings. The summed E-state index contributed by atoms with van der Waals surface area (Å²) in [5.41, 5.74) is 3.48. The second-order valence-electron chi connectivity index (χ2n) is 7.39. The average Bonchev–Trinajstić information content (AvgIpc) is 2.90. The van der Waals surface area contributed by atoms with E-state index in [9.17, 15) is 14.7 Å². The van der Waals surface area contributed by atoms with Crippen molar-refractivity contribution in [3.63, 3.8) is 0 Å². The Kier molecular flexibility index (Phi) is 5.56. The highest BCUT2D eigenvalue weighted by atomic mass is 35.5. The highest BCUT2D eigenvalue weighted by Crippen LogP contribution is 2.24. The van der Waals surface area contributed by atoms with E-state index < -0.39 is 11.9 Å². The number of piperidine rings is 1. The number of nitrogens with zero attached hydrogens (tertiary/aromatic N) is 3. The smallest absolute Gasteiger partial charge is 0.308 e. The Morgan fingerprint density at radius 3 is 2.52 bits per heavy atom. The average molecular weight is 390 g/mol. The molecule has 1 N–H and O–H groups in total. The molecule has 1 amide bonds. The van der Waals surface area contributed by atoms with Crippen LogP contribution in [0.5, 0.6) is 0 Å². The summed E-state index contributed by atoms with van der Waals surface area (Å²) in [6, 6.07) is 7.38. The van der Waals surface area contributed by atoms with E-state index in [1.807, 2.05) is 37.6 Å². The van der Waals surface area contributed by atoms with Gasteiger partial charge in [0.15, 0.2) is 0 Å². The summed E-state index contributed by atoms with van der Waals surface area (Å²) in [6.45, 7) is 6.70. The number of benzene rings is 1. The number of amides is 1. The minimum Gasteiger partial charge on any atom is -0.481 e. The number of aromatic nitrogens is 2. The van der Waals surface area contributed by atoms with E-state index in [1.165, 1.54) is 0 Å². The predicted octanol–water partition coefficient (Wildman–Crippen LogP) is 3.25. The minimum absolute atomic E-state index is 0.0466. The molecular formula is C20H24ClN3O3. The molecule has 7 heteroatoms. The van der Waals surface area contributed by atoms with Gasteiger partial charge in [-0.3, -0.25) is 9.59 Å². The fourth-order valence-electron chi connectivity index (χ4n) is 3.76. The molecular weight excluding hydrogens is 366 g/mol. The van der Waals surface area contributed by atoms with Crippen molar-refractivity contribution in [2.45, 2.75) is 33.6 Å². The molecule has 1 aromatic carbocycles. The third-order valence-corrected chi connectivity index (χ3v) is 5.45. The quantitative estimate of drug-likeness (QED) is 0.870. The summed E-state index contributed by atoms with van der Waals surface area (Å²) in [5.74, 6) is -1.18. The summed E-state index contributed by atoms with van der Waals surface area (Å²) < 4.78 is 1.81. The Morgan fingerprint density at radius 2 is 1.89 bits per heavy atom. The van der Waals surface area contributed by atoms with E-state index in [0.29, 0.717) is 18.0 Å². The molecule has 2 aromatic rings. The van der Waals surface area contributed by atoms with Gasteiger partial charge in [0.05, 0.1) is 23.7 Å². The number of carboxylic acid groups (broad SMARTS) is 1. The van der Waals surface area contributed by atoms with E-state index in [2.05, 4.69) is 5.10 Å². The normalized spacial score (nSPS) is 19.9. The van der Waals surface area contributed by atoms with Gasteiger partial charge in [0.25, 0.3) is 0 Å². The number of carbonyl (C=O) groups is 2. The van der Waals surface area contributed by atoms with Crippen LogP contribution in [-0.4, -0.2) is 44.8 Å². The van der Waals surface area contributed by atoms with Crippen LogP contribution in [0.1, 0.15) is 30.3 Å². The third-order valence-electron chi connectivity index (χ3n) is 5.20. The summed E-state index contributed by atoms with van der Waals surface area (Å²) >= 11 is 5.95. The molecule has 1 aromatic heterocycles. The molecule has 0 spiro atoms. The van der Waals surface area contributed by atoms with Crippen LogP contribution < -0.4 is 0 Å². The number of likely N-dealkylation sites (tertiary alicyclic amines) is 1. The lowest BCUT2D eigenvalue weighted by atomic mass is 9.90. The Hall–Kier alpha value is -2.34. The molecule has 2 unspecified atom stereocenters. The zero-order valence-electron chi connectivity index (χ0n) is 15.8. The van der Waals surface area contributed by atoms with Crippen molar-refractivity contribution in [1.82, 2.24) is 14.7 Å². The maximum Gasteiger partial charge on any atom is 0.308 e. The zero-order valence-corrected chi connectivity index (χ0v) is 16.5. The van der Waals surface area contributed by atoms with Gasteiger partial charge in [0.2, 0.25) is 5.91 Å². The summed E-state index contributed by atoms with van der Waals surface area (Å²) in [7, 11) is 0. The van der Waals surface area contributed by atoms with Crippen molar-refractivity contribution >= 4 is 23.5 Å².